The summed E-state index contributed by atoms with van der Waals surface area (Å²) in [5.74, 6) is 1.15. The van der Waals surface area contributed by atoms with Gasteiger partial charge in [-0.05, 0) is 43.5 Å². The van der Waals surface area contributed by atoms with Crippen molar-refractivity contribution in [2.24, 2.45) is 0 Å². The molecule has 3 heterocycles. The van der Waals surface area contributed by atoms with Crippen LogP contribution in [0.1, 0.15) is 54.1 Å². The summed E-state index contributed by atoms with van der Waals surface area (Å²) < 4.78 is 5.29. The monoisotopic (exact) mass is 428 g/mol. The van der Waals surface area contributed by atoms with Gasteiger partial charge in [0.05, 0.1) is 17.5 Å². The molecule has 1 atom stereocenters. The van der Waals surface area contributed by atoms with E-state index in [1.807, 2.05) is 24.0 Å². The van der Waals surface area contributed by atoms with Gasteiger partial charge in [0, 0.05) is 31.2 Å². The Morgan fingerprint density at radius 1 is 1.22 bits per heavy atom. The molecule has 2 aromatic heterocycles. The Morgan fingerprint density at radius 2 is 2.03 bits per heavy atom. The largest absolute Gasteiger partial charge is 0.459 e. The molecular formula is C26H28N4O2. The summed E-state index contributed by atoms with van der Waals surface area (Å²) in [6, 6.07) is 16.0. The van der Waals surface area contributed by atoms with Crippen LogP contribution in [-0.2, 0) is 0 Å². The van der Waals surface area contributed by atoms with E-state index in [4.69, 9.17) is 9.40 Å². The highest BCUT2D eigenvalue weighted by Gasteiger charge is 2.31. The van der Waals surface area contributed by atoms with Crippen LogP contribution in [0.5, 0.6) is 0 Å². The Bertz CT molecular complexity index is 1160. The molecular weight excluding hydrogens is 400 g/mol. The number of aromatic nitrogens is 1. The highest BCUT2D eigenvalue weighted by Crippen LogP contribution is 2.33. The number of amides is 1. The summed E-state index contributed by atoms with van der Waals surface area (Å²) in [6.45, 7) is 10.1. The quantitative estimate of drug-likeness (QED) is 0.585. The maximum Gasteiger partial charge on any atom is 0.289 e. The molecule has 4 rings (SSSR count). The Hall–Kier alpha value is -3.59. The van der Waals surface area contributed by atoms with Crippen molar-refractivity contribution in [2.75, 3.05) is 24.5 Å². The first-order valence-corrected chi connectivity index (χ1v) is 11.0. The lowest BCUT2D eigenvalue weighted by atomic mass is 9.95. The molecule has 0 radical (unpaired) electrons. The molecule has 164 valence electrons. The van der Waals surface area contributed by atoms with Crippen molar-refractivity contribution in [1.82, 2.24) is 9.88 Å². The Morgan fingerprint density at radius 3 is 2.66 bits per heavy atom. The van der Waals surface area contributed by atoms with Gasteiger partial charge in [-0.15, -0.1) is 0 Å². The number of piperazine rings is 1. The number of pyridine rings is 1. The maximum atomic E-state index is 12.8. The summed E-state index contributed by atoms with van der Waals surface area (Å²) in [4.78, 5) is 21.7. The number of benzene rings is 1. The van der Waals surface area contributed by atoms with Crippen molar-refractivity contribution in [3.05, 3.63) is 71.3 Å². The van der Waals surface area contributed by atoms with Gasteiger partial charge >= 0.3 is 0 Å². The maximum absolute atomic E-state index is 12.8. The van der Waals surface area contributed by atoms with Crippen molar-refractivity contribution >= 4 is 11.7 Å². The fourth-order valence-corrected chi connectivity index (χ4v) is 4.32. The van der Waals surface area contributed by atoms with E-state index in [0.29, 0.717) is 36.8 Å². The molecule has 6 heteroatoms. The molecule has 3 aromatic rings. The summed E-state index contributed by atoms with van der Waals surface area (Å²) in [6.07, 6.45) is 1.51. The Kier molecular flexibility index (Phi) is 6.00. The number of rotatable bonds is 4. The number of carbonyl (C=O) groups is 1. The Labute approximate surface area is 189 Å². The predicted molar refractivity (Wildman–Crippen MR) is 125 cm³/mol. The van der Waals surface area contributed by atoms with E-state index < -0.39 is 0 Å². The zero-order valence-electron chi connectivity index (χ0n) is 19.0. The lowest BCUT2D eigenvalue weighted by molar-refractivity contribution is 0.0641. The second-order valence-corrected chi connectivity index (χ2v) is 8.70. The lowest BCUT2D eigenvalue weighted by Crippen LogP contribution is -2.54. The summed E-state index contributed by atoms with van der Waals surface area (Å²) in [7, 11) is 0. The topological polar surface area (TPSA) is 73.4 Å². The molecule has 0 saturated carbocycles. The standard InChI is InChI=1S/C26H28N4O2/c1-17(2)24-22(20-8-5-7-18(3)13-20)14-21(15-27)25(28-24)29-10-11-30(19(4)16-29)26(31)23-9-6-12-32-23/h5-9,12-14,17,19H,10-11,16H2,1-4H3. The highest BCUT2D eigenvalue weighted by molar-refractivity contribution is 5.91. The number of nitriles is 1. The van der Waals surface area contributed by atoms with Crippen LogP contribution in [0.25, 0.3) is 11.1 Å². The predicted octanol–water partition coefficient (Wildman–Crippen LogP) is 5.00. The number of nitrogens with zero attached hydrogens (tertiary/aromatic N) is 4. The normalized spacial score (nSPS) is 16.3. The fourth-order valence-electron chi connectivity index (χ4n) is 4.32. The zero-order valence-corrected chi connectivity index (χ0v) is 19.0. The minimum absolute atomic E-state index is 0.0337. The molecule has 0 spiro atoms. The van der Waals surface area contributed by atoms with Gasteiger partial charge in [-0.25, -0.2) is 4.98 Å². The summed E-state index contributed by atoms with van der Waals surface area (Å²) in [5, 5.41) is 9.94. The molecule has 0 N–H and O–H groups in total. The van der Waals surface area contributed by atoms with Crippen LogP contribution in [0.2, 0.25) is 0 Å². The molecule has 1 saturated heterocycles. The smallest absolute Gasteiger partial charge is 0.289 e. The average molecular weight is 429 g/mol. The van der Waals surface area contributed by atoms with Crippen molar-refractivity contribution in [3.63, 3.8) is 0 Å². The van der Waals surface area contributed by atoms with E-state index in [1.54, 1.807) is 12.1 Å². The van der Waals surface area contributed by atoms with Crippen molar-refractivity contribution < 1.29 is 9.21 Å². The van der Waals surface area contributed by atoms with E-state index in [-0.39, 0.29) is 17.9 Å². The molecule has 32 heavy (non-hydrogen) atoms. The molecule has 1 aliphatic rings. The van der Waals surface area contributed by atoms with E-state index in [9.17, 15) is 10.1 Å². The number of hydrogen-bond donors (Lipinski definition) is 0. The third-order valence-corrected chi connectivity index (χ3v) is 5.95. The molecule has 1 fully saturated rings. The van der Waals surface area contributed by atoms with Gasteiger partial charge in [-0.1, -0.05) is 43.7 Å². The first-order chi connectivity index (χ1) is 15.4. The molecule has 1 aromatic carbocycles. The number of hydrogen-bond acceptors (Lipinski definition) is 5. The van der Waals surface area contributed by atoms with E-state index in [0.717, 1.165) is 16.8 Å². The third kappa shape index (κ3) is 4.11. The van der Waals surface area contributed by atoms with Crippen LogP contribution in [0.15, 0.2) is 53.1 Å². The Balaban J connectivity index is 1.66. The SMILES string of the molecule is Cc1cccc(-c2cc(C#N)c(N3CCN(C(=O)c4ccco4)C(C)C3)nc2C(C)C)c1. The van der Waals surface area contributed by atoms with E-state index in [1.165, 1.54) is 11.8 Å². The van der Waals surface area contributed by atoms with Gasteiger partial charge in [-0.2, -0.15) is 5.26 Å². The van der Waals surface area contributed by atoms with Crippen molar-refractivity contribution in [2.45, 2.75) is 39.7 Å². The van der Waals surface area contributed by atoms with E-state index >= 15 is 0 Å². The van der Waals surface area contributed by atoms with Crippen LogP contribution < -0.4 is 4.90 Å². The number of furan rings is 1. The lowest BCUT2D eigenvalue weighted by Gasteiger charge is -2.40. The minimum atomic E-state index is -0.103. The van der Waals surface area contributed by atoms with Crippen molar-refractivity contribution in [1.29, 1.82) is 5.26 Å². The van der Waals surface area contributed by atoms with Gasteiger partial charge in [0.25, 0.3) is 5.91 Å². The van der Waals surface area contributed by atoms with Gasteiger partial charge < -0.3 is 14.2 Å². The molecule has 1 unspecified atom stereocenters. The number of anilines is 1. The van der Waals surface area contributed by atoms with E-state index in [2.05, 4.69) is 49.9 Å². The molecule has 0 aliphatic carbocycles. The van der Waals surface area contributed by atoms with Crippen molar-refractivity contribution in [3.8, 4) is 17.2 Å². The number of aryl methyl sites for hydroxylation is 1. The van der Waals surface area contributed by atoms with Crippen LogP contribution in [-0.4, -0.2) is 41.5 Å². The molecule has 1 amide bonds. The van der Waals surface area contributed by atoms with Gasteiger partial charge in [0.2, 0.25) is 0 Å². The van der Waals surface area contributed by atoms with Gasteiger partial charge in [0.1, 0.15) is 11.9 Å². The number of carbonyl (C=O) groups excluding carboxylic acids is 1. The molecule has 6 nitrogen and oxygen atoms in total. The third-order valence-electron chi connectivity index (χ3n) is 5.95. The second kappa shape index (κ2) is 8.88. The van der Waals surface area contributed by atoms with Gasteiger partial charge in [-0.3, -0.25) is 4.79 Å². The second-order valence-electron chi connectivity index (χ2n) is 8.70. The zero-order chi connectivity index (χ0) is 22.8. The van der Waals surface area contributed by atoms with Crippen LogP contribution in [0.4, 0.5) is 5.82 Å². The molecule has 1 aliphatic heterocycles. The van der Waals surface area contributed by atoms with Crippen LogP contribution >= 0.6 is 0 Å². The average Bonchev–Trinajstić information content (AvgIpc) is 3.32. The van der Waals surface area contributed by atoms with Crippen LogP contribution in [0.3, 0.4) is 0 Å². The first-order valence-electron chi connectivity index (χ1n) is 11.0. The fraction of sp³-hybridized carbons (Fsp3) is 0.346. The van der Waals surface area contributed by atoms with Gasteiger partial charge in [0.15, 0.2) is 5.76 Å². The summed E-state index contributed by atoms with van der Waals surface area (Å²) >= 11 is 0. The summed E-state index contributed by atoms with van der Waals surface area (Å²) in [5.41, 5.74) is 4.79. The first kappa shape index (κ1) is 21.6. The minimum Gasteiger partial charge on any atom is -0.459 e. The van der Waals surface area contributed by atoms with Crippen LogP contribution in [0, 0.1) is 18.3 Å². The molecule has 0 bridgehead atoms. The highest BCUT2D eigenvalue weighted by atomic mass is 16.3.